The summed E-state index contributed by atoms with van der Waals surface area (Å²) < 4.78 is 0. The molecule has 1 fully saturated rings. The van der Waals surface area contributed by atoms with Crippen molar-refractivity contribution in [2.45, 2.75) is 45.6 Å². The fourth-order valence-electron chi connectivity index (χ4n) is 2.05. The molecule has 0 heterocycles. The first-order chi connectivity index (χ1) is 5.37. The molecule has 0 saturated heterocycles. The van der Waals surface area contributed by atoms with Gasteiger partial charge in [0, 0.05) is 0 Å². The van der Waals surface area contributed by atoms with E-state index in [0.717, 1.165) is 19.3 Å². The van der Waals surface area contributed by atoms with Crippen molar-refractivity contribution < 1.29 is 5.11 Å². The van der Waals surface area contributed by atoms with Gasteiger partial charge in [-0.25, -0.2) is 0 Å². The third-order valence-electron chi connectivity index (χ3n) is 3.35. The van der Waals surface area contributed by atoms with E-state index < -0.39 is 5.60 Å². The number of rotatable bonds is 2. The Kier molecular flexibility index (Phi) is 2.50. The highest BCUT2D eigenvalue weighted by Gasteiger charge is 2.40. The lowest BCUT2D eigenvalue weighted by Gasteiger charge is -2.30. The maximum atomic E-state index is 9.78. The van der Waals surface area contributed by atoms with E-state index in [9.17, 15) is 5.11 Å². The van der Waals surface area contributed by atoms with Crippen molar-refractivity contribution >= 4 is 0 Å². The molecule has 0 aromatic carbocycles. The summed E-state index contributed by atoms with van der Waals surface area (Å²) in [4.78, 5) is 0. The van der Waals surface area contributed by atoms with Crippen molar-refractivity contribution in [3.05, 3.63) is 0 Å². The molecule has 0 bridgehead atoms. The van der Waals surface area contributed by atoms with Crippen LogP contribution >= 0.6 is 0 Å². The van der Waals surface area contributed by atoms with E-state index in [-0.39, 0.29) is 5.41 Å². The zero-order chi connectivity index (χ0) is 9.41. The molecule has 0 aromatic heterocycles. The van der Waals surface area contributed by atoms with E-state index in [1.165, 1.54) is 0 Å². The van der Waals surface area contributed by atoms with Crippen molar-refractivity contribution in [3.63, 3.8) is 0 Å². The van der Waals surface area contributed by atoms with Gasteiger partial charge in [0.1, 0.15) is 0 Å². The first-order valence-corrected chi connectivity index (χ1v) is 4.80. The number of aliphatic hydroxyl groups is 1. The molecule has 2 heteroatoms. The Balaban J connectivity index is 2.58. The average Bonchev–Trinajstić information content (AvgIpc) is 2.31. The zero-order valence-corrected chi connectivity index (χ0v) is 8.43. The lowest BCUT2D eigenvalue weighted by molar-refractivity contribution is 0.0544. The molecule has 0 aromatic rings. The molecular weight excluding hydrogens is 150 g/mol. The first-order valence-electron chi connectivity index (χ1n) is 4.80. The van der Waals surface area contributed by atoms with E-state index in [4.69, 9.17) is 5.73 Å². The minimum atomic E-state index is -0.433. The van der Waals surface area contributed by atoms with Gasteiger partial charge in [0.2, 0.25) is 0 Å². The Labute approximate surface area is 75.2 Å². The van der Waals surface area contributed by atoms with Crippen LogP contribution in [0.2, 0.25) is 0 Å². The molecule has 2 unspecified atom stereocenters. The molecule has 1 rings (SSSR count). The molecule has 72 valence electrons. The molecule has 0 aliphatic heterocycles. The number of hydrogen-bond acceptors (Lipinski definition) is 2. The van der Waals surface area contributed by atoms with Crippen LogP contribution in [0.3, 0.4) is 0 Å². The van der Waals surface area contributed by atoms with E-state index in [2.05, 4.69) is 13.8 Å². The highest BCUT2D eigenvalue weighted by Crippen LogP contribution is 2.43. The molecule has 1 saturated carbocycles. The second kappa shape index (κ2) is 3.00. The normalized spacial score (nSPS) is 37.2. The fraction of sp³-hybridized carbons (Fsp3) is 1.00. The fourth-order valence-corrected chi connectivity index (χ4v) is 2.05. The minimum Gasteiger partial charge on any atom is -0.390 e. The summed E-state index contributed by atoms with van der Waals surface area (Å²) in [6.45, 7) is 7.03. The van der Waals surface area contributed by atoms with Gasteiger partial charge in [0.05, 0.1) is 5.60 Å². The van der Waals surface area contributed by atoms with Crippen molar-refractivity contribution in [1.82, 2.24) is 0 Å². The van der Waals surface area contributed by atoms with Crippen molar-refractivity contribution in [2.24, 2.45) is 17.1 Å². The molecule has 0 spiro atoms. The van der Waals surface area contributed by atoms with Crippen molar-refractivity contribution in [2.75, 3.05) is 6.54 Å². The Morgan fingerprint density at radius 2 is 2.17 bits per heavy atom. The molecule has 1 aliphatic rings. The van der Waals surface area contributed by atoms with Crippen LogP contribution in [0.25, 0.3) is 0 Å². The highest BCUT2D eigenvalue weighted by atomic mass is 16.3. The van der Waals surface area contributed by atoms with Gasteiger partial charge in [-0.3, -0.25) is 0 Å². The summed E-state index contributed by atoms with van der Waals surface area (Å²) in [5.74, 6) is 0.595. The van der Waals surface area contributed by atoms with Gasteiger partial charge in [-0.2, -0.15) is 0 Å². The van der Waals surface area contributed by atoms with Crippen LogP contribution in [0.5, 0.6) is 0 Å². The van der Waals surface area contributed by atoms with Gasteiger partial charge in [-0.05, 0) is 44.1 Å². The third-order valence-corrected chi connectivity index (χ3v) is 3.35. The number of nitrogens with two attached hydrogens (primary N) is 1. The first kappa shape index (κ1) is 10.0. The Hall–Kier alpha value is -0.0800. The third kappa shape index (κ3) is 1.99. The van der Waals surface area contributed by atoms with Crippen LogP contribution in [0.15, 0.2) is 0 Å². The minimum absolute atomic E-state index is 0.195. The van der Waals surface area contributed by atoms with Gasteiger partial charge >= 0.3 is 0 Å². The number of hydrogen-bond donors (Lipinski definition) is 2. The van der Waals surface area contributed by atoms with Crippen molar-refractivity contribution in [3.8, 4) is 0 Å². The average molecular weight is 171 g/mol. The van der Waals surface area contributed by atoms with Gasteiger partial charge in [0.15, 0.2) is 0 Å². The molecular formula is C10H21NO. The molecule has 0 radical (unpaired) electrons. The lowest BCUT2D eigenvalue weighted by Crippen LogP contribution is -2.32. The van der Waals surface area contributed by atoms with Gasteiger partial charge in [-0.1, -0.05) is 13.8 Å². The summed E-state index contributed by atoms with van der Waals surface area (Å²) in [6, 6.07) is 0. The largest absolute Gasteiger partial charge is 0.390 e. The lowest BCUT2D eigenvalue weighted by atomic mass is 9.77. The van der Waals surface area contributed by atoms with E-state index in [1.807, 2.05) is 6.92 Å². The van der Waals surface area contributed by atoms with Crippen LogP contribution in [0, 0.1) is 11.3 Å². The zero-order valence-electron chi connectivity index (χ0n) is 8.43. The molecule has 12 heavy (non-hydrogen) atoms. The predicted molar refractivity (Wildman–Crippen MR) is 50.8 cm³/mol. The van der Waals surface area contributed by atoms with Crippen molar-refractivity contribution in [1.29, 1.82) is 0 Å². The Morgan fingerprint density at radius 1 is 1.58 bits per heavy atom. The van der Waals surface area contributed by atoms with Gasteiger partial charge < -0.3 is 10.8 Å². The SMILES string of the molecule is CC1(O)CCC(C(C)(C)CN)C1. The molecule has 2 nitrogen and oxygen atoms in total. The highest BCUT2D eigenvalue weighted by molar-refractivity contribution is 4.92. The maximum Gasteiger partial charge on any atom is 0.0622 e. The van der Waals surface area contributed by atoms with Crippen LogP contribution in [0.1, 0.15) is 40.0 Å². The molecule has 1 aliphatic carbocycles. The summed E-state index contributed by atoms with van der Waals surface area (Å²) in [5.41, 5.74) is 5.45. The Morgan fingerprint density at radius 3 is 2.50 bits per heavy atom. The van der Waals surface area contributed by atoms with Gasteiger partial charge in [-0.15, -0.1) is 0 Å². The standard InChI is InChI=1S/C10H21NO/c1-9(2,7-11)8-4-5-10(3,12)6-8/h8,12H,4-7,11H2,1-3H3. The second-order valence-corrected chi connectivity index (χ2v) is 5.13. The second-order valence-electron chi connectivity index (χ2n) is 5.13. The predicted octanol–water partition coefficient (Wildman–Crippen LogP) is 1.52. The Bertz CT molecular complexity index is 163. The molecule has 3 N–H and O–H groups in total. The van der Waals surface area contributed by atoms with E-state index >= 15 is 0 Å². The van der Waals surface area contributed by atoms with Crippen LogP contribution in [-0.4, -0.2) is 17.3 Å². The van der Waals surface area contributed by atoms with E-state index in [1.54, 1.807) is 0 Å². The quantitative estimate of drug-likeness (QED) is 0.661. The summed E-state index contributed by atoms with van der Waals surface area (Å²) in [7, 11) is 0. The van der Waals surface area contributed by atoms with Crippen LogP contribution in [0.4, 0.5) is 0 Å². The monoisotopic (exact) mass is 171 g/mol. The molecule has 0 amide bonds. The smallest absolute Gasteiger partial charge is 0.0622 e. The summed E-state index contributed by atoms with van der Waals surface area (Å²) >= 11 is 0. The maximum absolute atomic E-state index is 9.78. The summed E-state index contributed by atoms with van der Waals surface area (Å²) in [5, 5.41) is 9.78. The summed E-state index contributed by atoms with van der Waals surface area (Å²) in [6.07, 6.45) is 2.97. The van der Waals surface area contributed by atoms with Gasteiger partial charge in [0.25, 0.3) is 0 Å². The van der Waals surface area contributed by atoms with E-state index in [0.29, 0.717) is 12.5 Å². The topological polar surface area (TPSA) is 46.2 Å². The van der Waals surface area contributed by atoms with Crippen LogP contribution < -0.4 is 5.73 Å². The van der Waals surface area contributed by atoms with Crippen LogP contribution in [-0.2, 0) is 0 Å². The molecule has 2 atom stereocenters.